The quantitative estimate of drug-likeness (QED) is 0.901. The maximum absolute atomic E-state index is 12.3. The molecule has 1 N–H and O–H groups in total. The van der Waals surface area contributed by atoms with Crippen molar-refractivity contribution in [2.24, 2.45) is 0 Å². The highest BCUT2D eigenvalue weighted by atomic mass is 16.5. The van der Waals surface area contributed by atoms with Gasteiger partial charge in [0.25, 0.3) is 5.91 Å². The van der Waals surface area contributed by atoms with Gasteiger partial charge in [-0.15, -0.1) is 0 Å². The average molecular weight is 339 g/mol. The lowest BCUT2D eigenvalue weighted by atomic mass is 10.0. The predicted molar refractivity (Wildman–Crippen MR) is 99.6 cm³/mol. The second-order valence-electron chi connectivity index (χ2n) is 7.39. The first kappa shape index (κ1) is 17.3. The van der Waals surface area contributed by atoms with Gasteiger partial charge in [0, 0.05) is 17.7 Å². The van der Waals surface area contributed by atoms with E-state index in [9.17, 15) is 4.79 Å². The van der Waals surface area contributed by atoms with E-state index in [1.54, 1.807) is 0 Å². The van der Waals surface area contributed by atoms with Gasteiger partial charge in [-0.1, -0.05) is 29.8 Å². The zero-order valence-electron chi connectivity index (χ0n) is 15.5. The van der Waals surface area contributed by atoms with Crippen LogP contribution in [0.1, 0.15) is 36.1 Å². The van der Waals surface area contributed by atoms with Gasteiger partial charge in [-0.2, -0.15) is 0 Å². The first-order chi connectivity index (χ1) is 11.7. The third-order valence-electron chi connectivity index (χ3n) is 4.36. The molecule has 0 aliphatic carbocycles. The summed E-state index contributed by atoms with van der Waals surface area (Å²) < 4.78 is 11.7. The summed E-state index contributed by atoms with van der Waals surface area (Å²) in [5, 5.41) is 2.96. The Kier molecular flexibility index (Phi) is 4.46. The normalized spacial score (nSPS) is 14.6. The number of para-hydroxylation sites is 1. The molecule has 1 amide bonds. The van der Waals surface area contributed by atoms with Crippen molar-refractivity contribution in [2.45, 2.75) is 46.6 Å². The maximum Gasteiger partial charge on any atom is 0.262 e. The van der Waals surface area contributed by atoms with Crippen LogP contribution in [-0.2, 0) is 11.2 Å². The van der Waals surface area contributed by atoms with Crippen LogP contribution < -0.4 is 14.8 Å². The fraction of sp³-hybridized carbons (Fsp3) is 0.381. The predicted octanol–water partition coefficient (Wildman–Crippen LogP) is 4.34. The molecule has 3 rings (SSSR count). The van der Waals surface area contributed by atoms with Crippen LogP contribution in [0.25, 0.3) is 0 Å². The van der Waals surface area contributed by atoms with Crippen molar-refractivity contribution in [2.75, 3.05) is 11.9 Å². The van der Waals surface area contributed by atoms with Gasteiger partial charge in [-0.05, 0) is 51.8 Å². The van der Waals surface area contributed by atoms with E-state index in [0.29, 0.717) is 5.75 Å². The number of ether oxygens (including phenoxy) is 2. The Balaban J connectivity index is 1.68. The van der Waals surface area contributed by atoms with Crippen molar-refractivity contribution >= 4 is 11.6 Å². The average Bonchev–Trinajstić information content (AvgIpc) is 2.83. The second-order valence-corrected chi connectivity index (χ2v) is 7.39. The number of rotatable bonds is 4. The Morgan fingerprint density at radius 2 is 1.88 bits per heavy atom. The van der Waals surface area contributed by atoms with Crippen LogP contribution in [0.15, 0.2) is 30.3 Å². The lowest BCUT2D eigenvalue weighted by Crippen LogP contribution is -2.25. The Bertz CT molecular complexity index is 801. The molecule has 1 aliphatic heterocycles. The lowest BCUT2D eigenvalue weighted by Gasteiger charge is -2.18. The summed E-state index contributed by atoms with van der Waals surface area (Å²) in [6.07, 6.45) is 0.841. The number of nitrogens with one attached hydrogen (secondary N) is 1. The number of aryl methyl sites for hydroxylation is 3. The maximum atomic E-state index is 12.3. The molecule has 0 bridgehead atoms. The zero-order valence-corrected chi connectivity index (χ0v) is 15.5. The van der Waals surface area contributed by atoms with Crippen molar-refractivity contribution < 1.29 is 14.3 Å². The zero-order chi connectivity index (χ0) is 18.2. The number of benzene rings is 2. The monoisotopic (exact) mass is 339 g/mol. The summed E-state index contributed by atoms with van der Waals surface area (Å²) in [6.45, 7) is 10.1. The van der Waals surface area contributed by atoms with Crippen molar-refractivity contribution in [3.05, 3.63) is 52.6 Å². The molecule has 0 unspecified atom stereocenters. The van der Waals surface area contributed by atoms with Gasteiger partial charge in [0.2, 0.25) is 0 Å². The van der Waals surface area contributed by atoms with E-state index >= 15 is 0 Å². The Hall–Kier alpha value is -2.49. The number of fused-ring (bicyclic) bond motifs is 1. The summed E-state index contributed by atoms with van der Waals surface area (Å²) >= 11 is 0. The summed E-state index contributed by atoms with van der Waals surface area (Å²) in [7, 11) is 0. The van der Waals surface area contributed by atoms with E-state index in [1.807, 2.05) is 52.8 Å². The van der Waals surface area contributed by atoms with E-state index in [-0.39, 0.29) is 18.1 Å². The molecule has 0 aromatic heterocycles. The minimum Gasteiger partial charge on any atom is -0.483 e. The molecule has 0 atom stereocenters. The van der Waals surface area contributed by atoms with E-state index in [1.165, 1.54) is 5.56 Å². The first-order valence-electron chi connectivity index (χ1n) is 8.56. The molecule has 0 radical (unpaired) electrons. The minimum absolute atomic E-state index is 0.0486. The smallest absolute Gasteiger partial charge is 0.262 e. The standard InChI is InChI=1S/C21H25NO3/c1-13-9-14(2)19(15(3)10-13)22-18(23)12-24-17-8-6-7-16-11-21(4,5)25-20(16)17/h6-10H,11-12H2,1-5H3,(H,22,23). The lowest BCUT2D eigenvalue weighted by molar-refractivity contribution is -0.118. The van der Waals surface area contributed by atoms with Crippen molar-refractivity contribution in [1.29, 1.82) is 0 Å². The summed E-state index contributed by atoms with van der Waals surface area (Å²) in [4.78, 5) is 12.3. The highest BCUT2D eigenvalue weighted by molar-refractivity contribution is 5.93. The van der Waals surface area contributed by atoms with Crippen molar-refractivity contribution in [3.8, 4) is 11.5 Å². The highest BCUT2D eigenvalue weighted by Gasteiger charge is 2.32. The highest BCUT2D eigenvalue weighted by Crippen LogP contribution is 2.41. The Labute approximate surface area is 149 Å². The molecule has 0 fully saturated rings. The summed E-state index contributed by atoms with van der Waals surface area (Å²) in [5.41, 5.74) is 5.03. The molecule has 4 heteroatoms. The van der Waals surface area contributed by atoms with Crippen LogP contribution in [0.2, 0.25) is 0 Å². The molecule has 0 spiro atoms. The summed E-state index contributed by atoms with van der Waals surface area (Å²) in [6, 6.07) is 9.93. The molecule has 25 heavy (non-hydrogen) atoms. The Morgan fingerprint density at radius 3 is 2.56 bits per heavy atom. The third-order valence-corrected chi connectivity index (χ3v) is 4.36. The topological polar surface area (TPSA) is 47.6 Å². The molecular formula is C21H25NO3. The van der Waals surface area contributed by atoms with Crippen LogP contribution in [0.4, 0.5) is 5.69 Å². The van der Waals surface area contributed by atoms with Crippen LogP contribution >= 0.6 is 0 Å². The summed E-state index contributed by atoms with van der Waals surface area (Å²) in [5.74, 6) is 1.20. The molecule has 0 saturated heterocycles. The third kappa shape index (κ3) is 3.78. The van der Waals surface area contributed by atoms with Gasteiger partial charge in [-0.3, -0.25) is 4.79 Å². The molecule has 132 valence electrons. The molecule has 2 aromatic carbocycles. The van der Waals surface area contributed by atoms with Gasteiger partial charge in [0.15, 0.2) is 18.1 Å². The van der Waals surface area contributed by atoms with Crippen molar-refractivity contribution in [1.82, 2.24) is 0 Å². The van der Waals surface area contributed by atoms with Crippen LogP contribution in [-0.4, -0.2) is 18.1 Å². The van der Waals surface area contributed by atoms with Crippen LogP contribution in [0.3, 0.4) is 0 Å². The van der Waals surface area contributed by atoms with E-state index in [0.717, 1.165) is 34.5 Å². The number of hydrogen-bond acceptors (Lipinski definition) is 3. The van der Waals surface area contributed by atoms with Gasteiger partial charge in [-0.25, -0.2) is 0 Å². The number of anilines is 1. The largest absolute Gasteiger partial charge is 0.483 e. The van der Waals surface area contributed by atoms with Crippen molar-refractivity contribution in [3.63, 3.8) is 0 Å². The van der Waals surface area contributed by atoms with Crippen LogP contribution in [0.5, 0.6) is 11.5 Å². The van der Waals surface area contributed by atoms with E-state index in [4.69, 9.17) is 9.47 Å². The Morgan fingerprint density at radius 1 is 1.20 bits per heavy atom. The molecule has 0 saturated carbocycles. The molecule has 2 aromatic rings. The van der Waals surface area contributed by atoms with E-state index < -0.39 is 0 Å². The number of hydrogen-bond donors (Lipinski definition) is 1. The second kappa shape index (κ2) is 6.43. The molecule has 4 nitrogen and oxygen atoms in total. The molecule has 1 aliphatic rings. The van der Waals surface area contributed by atoms with Crippen LogP contribution in [0, 0.1) is 20.8 Å². The van der Waals surface area contributed by atoms with Gasteiger partial charge >= 0.3 is 0 Å². The van der Waals surface area contributed by atoms with Gasteiger partial charge in [0.1, 0.15) is 5.60 Å². The fourth-order valence-electron chi connectivity index (χ4n) is 3.40. The molecule has 1 heterocycles. The number of carbonyl (C=O) groups excluding carboxylic acids is 1. The first-order valence-corrected chi connectivity index (χ1v) is 8.56. The van der Waals surface area contributed by atoms with Gasteiger partial charge in [0.05, 0.1) is 0 Å². The van der Waals surface area contributed by atoms with Gasteiger partial charge < -0.3 is 14.8 Å². The minimum atomic E-state index is -0.236. The van der Waals surface area contributed by atoms with E-state index in [2.05, 4.69) is 17.4 Å². The number of amides is 1. The fourth-order valence-corrected chi connectivity index (χ4v) is 3.40. The number of carbonyl (C=O) groups is 1. The SMILES string of the molecule is Cc1cc(C)c(NC(=O)COc2cccc3c2OC(C)(C)C3)c(C)c1. The molecular weight excluding hydrogens is 314 g/mol.